The summed E-state index contributed by atoms with van der Waals surface area (Å²) in [7, 11) is 0. The molecule has 0 saturated heterocycles. The van der Waals surface area contributed by atoms with Gasteiger partial charge in [-0.25, -0.2) is 9.79 Å². The molecule has 0 aliphatic carbocycles. The number of esters is 1. The second-order valence-electron chi connectivity index (χ2n) is 10.9. The molecule has 0 N–H and O–H groups in total. The SMILES string of the molecule is CCOC(=O)C1=C(c2ccccc2)N=c2s/c(=C/c3ccc(Oc4ccc([N+](=O)[O-])cc4[N+](=O)[O-])cc3)c(=O)n2[C@@H]1c1ccc2c(c1)OCO2. The first kappa shape index (κ1) is 32.0. The highest BCUT2D eigenvalue weighted by Crippen LogP contribution is 2.40. The molecule has 1 atom stereocenters. The largest absolute Gasteiger partial charge is 0.463 e. The third-order valence-corrected chi connectivity index (χ3v) is 8.82. The maximum Gasteiger partial charge on any atom is 0.338 e. The van der Waals surface area contributed by atoms with E-state index in [2.05, 4.69) is 0 Å². The molecule has 5 aromatic rings. The van der Waals surface area contributed by atoms with E-state index >= 15 is 0 Å². The van der Waals surface area contributed by atoms with E-state index in [1.54, 1.807) is 55.5 Å². The lowest BCUT2D eigenvalue weighted by molar-refractivity contribution is -0.394. The summed E-state index contributed by atoms with van der Waals surface area (Å²) in [5.41, 5.74) is 1.04. The van der Waals surface area contributed by atoms with Gasteiger partial charge in [0, 0.05) is 11.6 Å². The van der Waals surface area contributed by atoms with Crippen LogP contribution in [-0.2, 0) is 9.53 Å². The number of thiazole rings is 1. The van der Waals surface area contributed by atoms with Crippen molar-refractivity contribution in [3.63, 3.8) is 0 Å². The number of benzene rings is 4. The van der Waals surface area contributed by atoms with Crippen LogP contribution in [0.4, 0.5) is 11.4 Å². The minimum absolute atomic E-state index is 0.0476. The fourth-order valence-electron chi connectivity index (χ4n) is 5.60. The van der Waals surface area contributed by atoms with E-state index in [1.807, 2.05) is 30.3 Å². The summed E-state index contributed by atoms with van der Waals surface area (Å²) in [6, 6.07) is 23.0. The van der Waals surface area contributed by atoms with E-state index in [0.29, 0.717) is 43.2 Å². The van der Waals surface area contributed by atoms with Gasteiger partial charge in [-0.1, -0.05) is 59.9 Å². The Morgan fingerprint density at radius 1 is 0.980 bits per heavy atom. The van der Waals surface area contributed by atoms with E-state index in [4.69, 9.17) is 23.9 Å². The van der Waals surface area contributed by atoms with Crippen LogP contribution in [0.25, 0.3) is 11.8 Å². The Morgan fingerprint density at radius 2 is 1.74 bits per heavy atom. The molecule has 1 aromatic heterocycles. The Hall–Kier alpha value is -6.61. The van der Waals surface area contributed by atoms with Crippen molar-refractivity contribution in [1.29, 1.82) is 0 Å². The molecular weight excluding hydrogens is 668 g/mol. The minimum atomic E-state index is -0.912. The van der Waals surface area contributed by atoms with Crippen molar-refractivity contribution in [2.45, 2.75) is 13.0 Å². The lowest BCUT2D eigenvalue weighted by Gasteiger charge is -2.26. The summed E-state index contributed by atoms with van der Waals surface area (Å²) in [6.07, 6.45) is 1.66. The number of hydrogen-bond donors (Lipinski definition) is 0. The summed E-state index contributed by atoms with van der Waals surface area (Å²) in [6.45, 7) is 1.86. The number of carbonyl (C=O) groups is 1. The number of rotatable bonds is 9. The molecule has 15 heteroatoms. The highest BCUT2D eigenvalue weighted by Gasteiger charge is 2.36. The average Bonchev–Trinajstić information content (AvgIpc) is 3.72. The number of hydrogen-bond acceptors (Lipinski definition) is 12. The predicted octanol–water partition coefficient (Wildman–Crippen LogP) is 5.27. The smallest absolute Gasteiger partial charge is 0.338 e. The summed E-state index contributed by atoms with van der Waals surface area (Å²) < 4.78 is 24.1. The molecule has 2 aliphatic heterocycles. The average molecular weight is 693 g/mol. The molecule has 7 rings (SSSR count). The van der Waals surface area contributed by atoms with E-state index in [0.717, 1.165) is 29.5 Å². The third-order valence-electron chi connectivity index (χ3n) is 7.84. The predicted molar refractivity (Wildman–Crippen MR) is 180 cm³/mol. The normalized spacial score (nSPS) is 14.9. The Balaban J connectivity index is 1.32. The van der Waals surface area contributed by atoms with Crippen LogP contribution in [0, 0.1) is 20.2 Å². The lowest BCUT2D eigenvalue weighted by Crippen LogP contribution is -2.40. The number of non-ortho nitro benzene ring substituents is 1. The van der Waals surface area contributed by atoms with Crippen molar-refractivity contribution in [3.8, 4) is 23.0 Å². The van der Waals surface area contributed by atoms with Crippen LogP contribution in [0.1, 0.15) is 29.7 Å². The fraction of sp³-hybridized carbons (Fsp3) is 0.114. The van der Waals surface area contributed by atoms with Crippen LogP contribution < -0.4 is 29.1 Å². The van der Waals surface area contributed by atoms with Crippen molar-refractivity contribution in [2.75, 3.05) is 13.4 Å². The zero-order chi connectivity index (χ0) is 34.9. The summed E-state index contributed by atoms with van der Waals surface area (Å²) in [5.74, 6) is 0.469. The van der Waals surface area contributed by atoms with E-state index in [-0.39, 0.29) is 30.5 Å². The van der Waals surface area contributed by atoms with Crippen LogP contribution in [0.2, 0.25) is 0 Å². The monoisotopic (exact) mass is 692 g/mol. The van der Waals surface area contributed by atoms with E-state index in [1.165, 1.54) is 4.57 Å². The van der Waals surface area contributed by atoms with Crippen LogP contribution in [0.3, 0.4) is 0 Å². The lowest BCUT2D eigenvalue weighted by atomic mass is 9.93. The fourth-order valence-corrected chi connectivity index (χ4v) is 6.60. The van der Waals surface area contributed by atoms with Crippen molar-refractivity contribution < 1.29 is 33.6 Å². The number of aromatic nitrogens is 1. The second kappa shape index (κ2) is 13.1. The molecule has 0 fully saturated rings. The van der Waals surface area contributed by atoms with Gasteiger partial charge >= 0.3 is 11.7 Å². The van der Waals surface area contributed by atoms with Gasteiger partial charge in [-0.05, 0) is 54.5 Å². The molecule has 0 bridgehead atoms. The first-order chi connectivity index (χ1) is 24.2. The van der Waals surface area contributed by atoms with Crippen LogP contribution >= 0.6 is 11.3 Å². The number of nitro groups is 2. The van der Waals surface area contributed by atoms with E-state index in [9.17, 15) is 29.8 Å². The maximum atomic E-state index is 14.2. The van der Waals surface area contributed by atoms with Gasteiger partial charge in [0.05, 0.1) is 44.4 Å². The van der Waals surface area contributed by atoms with Crippen molar-refractivity contribution in [1.82, 2.24) is 4.57 Å². The first-order valence-corrected chi connectivity index (χ1v) is 15.9. The van der Waals surface area contributed by atoms with Crippen LogP contribution in [0.15, 0.2) is 106 Å². The molecule has 4 aromatic carbocycles. The molecule has 2 aliphatic rings. The molecule has 0 saturated carbocycles. The van der Waals surface area contributed by atoms with Gasteiger partial charge in [0.1, 0.15) is 5.75 Å². The second-order valence-corrected chi connectivity index (χ2v) is 11.9. The van der Waals surface area contributed by atoms with Crippen LogP contribution in [0.5, 0.6) is 23.0 Å². The van der Waals surface area contributed by atoms with Gasteiger partial charge in [0.25, 0.3) is 11.2 Å². The Labute approximate surface area is 285 Å². The van der Waals surface area contributed by atoms with Crippen molar-refractivity contribution in [3.05, 3.63) is 153 Å². The van der Waals surface area contributed by atoms with Gasteiger partial charge in [0.15, 0.2) is 16.3 Å². The quantitative estimate of drug-likeness (QED) is 0.112. The summed E-state index contributed by atoms with van der Waals surface area (Å²) >= 11 is 1.15. The van der Waals surface area contributed by atoms with E-state index < -0.39 is 38.8 Å². The van der Waals surface area contributed by atoms with Gasteiger partial charge in [-0.2, -0.15) is 0 Å². The molecule has 14 nitrogen and oxygen atoms in total. The third kappa shape index (κ3) is 5.97. The first-order valence-electron chi connectivity index (χ1n) is 15.1. The number of fused-ring (bicyclic) bond motifs is 2. The minimum Gasteiger partial charge on any atom is -0.463 e. The maximum absolute atomic E-state index is 14.2. The molecule has 0 spiro atoms. The zero-order valence-corrected chi connectivity index (χ0v) is 26.8. The topological polar surface area (TPSA) is 175 Å². The molecule has 3 heterocycles. The van der Waals surface area contributed by atoms with Gasteiger partial charge in [-0.15, -0.1) is 0 Å². The summed E-state index contributed by atoms with van der Waals surface area (Å²) in [4.78, 5) is 54.2. The van der Waals surface area contributed by atoms with Gasteiger partial charge < -0.3 is 18.9 Å². The van der Waals surface area contributed by atoms with Crippen molar-refractivity contribution >= 4 is 40.5 Å². The Bertz CT molecular complexity index is 2400. The standard InChI is InChI=1S/C35H24N4O10S/c1-2-46-34(41)30-31(21-6-4-3-5-7-21)36-35-37(32(30)22-10-14-27-28(17-22)48-19-47-27)33(40)29(50-35)16-20-8-12-24(13-9-20)49-26-15-11-23(38(42)43)18-25(26)39(44)45/h3-18,32H,2,19H2,1H3/b29-16+/t32-/m1/s1. The number of nitro benzene ring substituents is 2. The number of ether oxygens (including phenoxy) is 4. The number of carbonyl (C=O) groups excluding carboxylic acids is 1. The zero-order valence-electron chi connectivity index (χ0n) is 26.0. The molecule has 250 valence electrons. The highest BCUT2D eigenvalue weighted by atomic mass is 32.1. The Kier molecular flexibility index (Phi) is 8.39. The van der Waals surface area contributed by atoms with Gasteiger partial charge in [0.2, 0.25) is 12.5 Å². The van der Waals surface area contributed by atoms with Crippen LogP contribution in [-0.4, -0.2) is 33.8 Å². The molecule has 50 heavy (non-hydrogen) atoms. The summed E-state index contributed by atoms with van der Waals surface area (Å²) in [5, 5.41) is 22.6. The van der Waals surface area contributed by atoms with Gasteiger partial charge in [-0.3, -0.25) is 29.6 Å². The Morgan fingerprint density at radius 3 is 2.46 bits per heavy atom. The van der Waals surface area contributed by atoms with Crippen molar-refractivity contribution in [2.24, 2.45) is 4.99 Å². The molecular formula is C35H24N4O10S. The highest BCUT2D eigenvalue weighted by molar-refractivity contribution is 7.07. The number of nitrogens with zero attached hydrogens (tertiary/aromatic N) is 4. The molecule has 0 unspecified atom stereocenters. The molecule has 0 radical (unpaired) electrons. The molecule has 0 amide bonds.